The fourth-order valence-electron chi connectivity index (χ4n) is 3.02. The zero-order chi connectivity index (χ0) is 13.9. The summed E-state index contributed by atoms with van der Waals surface area (Å²) < 4.78 is 0.320. The average Bonchev–Trinajstić information content (AvgIpc) is 2.59. The van der Waals surface area contributed by atoms with Gasteiger partial charge in [-0.05, 0) is 31.7 Å². The monoisotopic (exact) mass is 284 g/mol. The van der Waals surface area contributed by atoms with Crippen molar-refractivity contribution in [2.45, 2.75) is 57.2 Å². The van der Waals surface area contributed by atoms with Crippen LogP contribution in [-0.2, 0) is 4.79 Å². The minimum Gasteiger partial charge on any atom is -0.340 e. The van der Waals surface area contributed by atoms with Gasteiger partial charge >= 0.3 is 0 Å². The highest BCUT2D eigenvalue weighted by Crippen LogP contribution is 2.31. The molecule has 110 valence electrons. The molecule has 2 aliphatic rings. The second kappa shape index (κ2) is 6.49. The van der Waals surface area contributed by atoms with E-state index in [1.165, 1.54) is 12.8 Å². The molecule has 0 aromatic rings. The van der Waals surface area contributed by atoms with Crippen molar-refractivity contribution in [1.82, 2.24) is 10.2 Å². The molecule has 2 unspecified atom stereocenters. The number of amides is 1. The smallest absolute Gasteiger partial charge is 0.239 e. The van der Waals surface area contributed by atoms with Gasteiger partial charge in [0.2, 0.25) is 5.91 Å². The lowest BCUT2D eigenvalue weighted by atomic mass is 9.90. The van der Waals surface area contributed by atoms with E-state index in [0.29, 0.717) is 10.7 Å². The largest absolute Gasteiger partial charge is 0.340 e. The molecule has 1 N–H and O–H groups in total. The van der Waals surface area contributed by atoms with E-state index in [-0.39, 0.29) is 6.04 Å². The Kier molecular flexibility index (Phi) is 5.18. The fraction of sp³-hybridized carbons (Fsp3) is 0.933. The Morgan fingerprint density at radius 3 is 2.95 bits per heavy atom. The third-order valence-corrected chi connectivity index (χ3v) is 5.91. The van der Waals surface area contributed by atoms with Crippen molar-refractivity contribution < 1.29 is 4.79 Å². The zero-order valence-corrected chi connectivity index (χ0v) is 13.4. The summed E-state index contributed by atoms with van der Waals surface area (Å²) in [7, 11) is 0. The summed E-state index contributed by atoms with van der Waals surface area (Å²) in [5, 5.41) is 3.42. The lowest BCUT2D eigenvalue weighted by Gasteiger charge is -2.33. The third-order valence-electron chi connectivity index (χ3n) is 4.54. The Labute approximate surface area is 121 Å². The average molecular weight is 284 g/mol. The summed E-state index contributed by atoms with van der Waals surface area (Å²) in [5.74, 6) is 2.15. The second-order valence-electron chi connectivity index (χ2n) is 6.49. The first-order chi connectivity index (χ1) is 9.02. The molecule has 0 saturated carbocycles. The number of hydrogen-bond donors (Lipinski definition) is 1. The first kappa shape index (κ1) is 15.2. The van der Waals surface area contributed by atoms with E-state index in [9.17, 15) is 4.79 Å². The lowest BCUT2D eigenvalue weighted by molar-refractivity contribution is -0.134. The van der Waals surface area contributed by atoms with Gasteiger partial charge in [-0.1, -0.05) is 27.2 Å². The van der Waals surface area contributed by atoms with Crippen LogP contribution in [0.5, 0.6) is 0 Å². The van der Waals surface area contributed by atoms with Gasteiger partial charge in [0.25, 0.3) is 0 Å². The molecule has 0 bridgehead atoms. The number of hydrogen-bond acceptors (Lipinski definition) is 3. The highest BCUT2D eigenvalue weighted by atomic mass is 32.2. The van der Waals surface area contributed by atoms with Gasteiger partial charge in [-0.25, -0.2) is 0 Å². The number of piperidine rings is 1. The van der Waals surface area contributed by atoms with E-state index >= 15 is 0 Å². The van der Waals surface area contributed by atoms with Gasteiger partial charge in [0.15, 0.2) is 0 Å². The van der Waals surface area contributed by atoms with Crippen LogP contribution in [0.25, 0.3) is 0 Å². The van der Waals surface area contributed by atoms with E-state index < -0.39 is 0 Å². The van der Waals surface area contributed by atoms with Gasteiger partial charge in [0, 0.05) is 23.6 Å². The van der Waals surface area contributed by atoms with E-state index in [1.807, 2.05) is 11.8 Å². The van der Waals surface area contributed by atoms with Crippen LogP contribution in [-0.4, -0.2) is 47.0 Å². The molecule has 2 rings (SSSR count). The van der Waals surface area contributed by atoms with E-state index in [1.54, 1.807) is 0 Å². The predicted molar refractivity (Wildman–Crippen MR) is 82.5 cm³/mol. The standard InChI is InChI=1S/C15H28N2OS/c1-4-12-5-7-16-13(11-12)14(18)17-8-6-15(2,3)19-10-9-17/h12-13,16H,4-11H2,1-3H3. The molecule has 1 amide bonds. The topological polar surface area (TPSA) is 32.3 Å². The summed E-state index contributed by atoms with van der Waals surface area (Å²) in [6, 6.07) is 0.0740. The maximum absolute atomic E-state index is 12.6. The second-order valence-corrected chi connectivity index (χ2v) is 8.29. The molecule has 2 saturated heterocycles. The number of carbonyl (C=O) groups excluding carboxylic acids is 1. The van der Waals surface area contributed by atoms with E-state index in [2.05, 4.69) is 31.0 Å². The normalized spacial score (nSPS) is 31.8. The molecule has 3 nitrogen and oxygen atoms in total. The van der Waals surface area contributed by atoms with Gasteiger partial charge in [0.05, 0.1) is 6.04 Å². The van der Waals surface area contributed by atoms with E-state index in [4.69, 9.17) is 0 Å². The summed E-state index contributed by atoms with van der Waals surface area (Å²) in [4.78, 5) is 14.7. The SMILES string of the molecule is CCC1CCNC(C(=O)N2CCSC(C)(C)CC2)C1. The van der Waals surface area contributed by atoms with Crippen LogP contribution < -0.4 is 5.32 Å². The van der Waals surface area contributed by atoms with Gasteiger partial charge in [-0.2, -0.15) is 11.8 Å². The molecule has 2 atom stereocenters. The number of thioether (sulfide) groups is 1. The van der Waals surface area contributed by atoms with Gasteiger partial charge < -0.3 is 10.2 Å². The number of nitrogens with one attached hydrogen (secondary N) is 1. The Morgan fingerprint density at radius 1 is 1.42 bits per heavy atom. The highest BCUT2D eigenvalue weighted by molar-refractivity contribution is 8.00. The Bertz CT molecular complexity index is 319. The van der Waals surface area contributed by atoms with Crippen LogP contribution in [0.1, 0.15) is 46.5 Å². The zero-order valence-electron chi connectivity index (χ0n) is 12.6. The van der Waals surface area contributed by atoms with Crippen molar-refractivity contribution in [3.05, 3.63) is 0 Å². The summed E-state index contributed by atoms with van der Waals surface area (Å²) in [6.45, 7) is 9.66. The van der Waals surface area contributed by atoms with Crippen molar-refractivity contribution in [3.8, 4) is 0 Å². The lowest BCUT2D eigenvalue weighted by Crippen LogP contribution is -2.50. The summed E-state index contributed by atoms with van der Waals surface area (Å²) in [6.07, 6.45) is 4.56. The minimum absolute atomic E-state index is 0.0740. The molecular weight excluding hydrogens is 256 g/mol. The maximum Gasteiger partial charge on any atom is 0.239 e. The first-order valence-electron chi connectivity index (χ1n) is 7.68. The molecule has 0 spiro atoms. The predicted octanol–water partition coefficient (Wildman–Crippen LogP) is 2.51. The van der Waals surface area contributed by atoms with Crippen molar-refractivity contribution in [2.75, 3.05) is 25.4 Å². The van der Waals surface area contributed by atoms with Crippen molar-refractivity contribution >= 4 is 17.7 Å². The summed E-state index contributed by atoms with van der Waals surface area (Å²) >= 11 is 2.00. The molecule has 0 radical (unpaired) electrons. The Balaban J connectivity index is 1.91. The van der Waals surface area contributed by atoms with Crippen LogP contribution in [0, 0.1) is 5.92 Å². The molecular formula is C15H28N2OS. The van der Waals surface area contributed by atoms with E-state index in [0.717, 1.165) is 44.1 Å². The summed E-state index contributed by atoms with van der Waals surface area (Å²) in [5.41, 5.74) is 0. The van der Waals surface area contributed by atoms with Crippen LogP contribution in [0.4, 0.5) is 0 Å². The van der Waals surface area contributed by atoms with Gasteiger partial charge in [0.1, 0.15) is 0 Å². The quantitative estimate of drug-likeness (QED) is 0.845. The molecule has 4 heteroatoms. The molecule has 2 aliphatic heterocycles. The fourth-order valence-corrected chi connectivity index (χ4v) is 4.12. The van der Waals surface area contributed by atoms with Gasteiger partial charge in [-0.3, -0.25) is 4.79 Å². The molecule has 0 aromatic carbocycles. The minimum atomic E-state index is 0.0740. The van der Waals surface area contributed by atoms with Crippen molar-refractivity contribution in [2.24, 2.45) is 5.92 Å². The van der Waals surface area contributed by atoms with Crippen LogP contribution in [0.15, 0.2) is 0 Å². The molecule has 2 heterocycles. The van der Waals surface area contributed by atoms with Crippen LogP contribution in [0.2, 0.25) is 0 Å². The Hall–Kier alpha value is -0.220. The molecule has 2 fully saturated rings. The van der Waals surface area contributed by atoms with Gasteiger partial charge in [-0.15, -0.1) is 0 Å². The highest BCUT2D eigenvalue weighted by Gasteiger charge is 2.32. The molecule has 0 aromatic heterocycles. The third kappa shape index (κ3) is 4.12. The van der Waals surface area contributed by atoms with Crippen molar-refractivity contribution in [3.63, 3.8) is 0 Å². The molecule has 19 heavy (non-hydrogen) atoms. The number of carbonyl (C=O) groups is 1. The van der Waals surface area contributed by atoms with Crippen LogP contribution >= 0.6 is 11.8 Å². The van der Waals surface area contributed by atoms with Crippen molar-refractivity contribution in [1.29, 1.82) is 0 Å². The maximum atomic E-state index is 12.6. The van der Waals surface area contributed by atoms with Crippen LogP contribution in [0.3, 0.4) is 0 Å². The first-order valence-corrected chi connectivity index (χ1v) is 8.66. The number of nitrogens with zero attached hydrogens (tertiary/aromatic N) is 1. The Morgan fingerprint density at radius 2 is 2.21 bits per heavy atom. The molecule has 0 aliphatic carbocycles. The number of rotatable bonds is 2.